The third-order valence-corrected chi connectivity index (χ3v) is 7.07. The van der Waals surface area contributed by atoms with Gasteiger partial charge in [0.15, 0.2) is 0 Å². The fourth-order valence-corrected chi connectivity index (χ4v) is 5.11. The number of pyridine rings is 1. The lowest BCUT2D eigenvalue weighted by molar-refractivity contribution is 0.257. The minimum absolute atomic E-state index is 0.133. The number of nitrogens with zero attached hydrogens (tertiary/aromatic N) is 3. The van der Waals surface area contributed by atoms with Crippen LogP contribution in [0.4, 0.5) is 16.2 Å². The number of carbonyl (C=O) groups is 1. The van der Waals surface area contributed by atoms with Crippen molar-refractivity contribution in [1.82, 2.24) is 9.88 Å². The highest BCUT2D eigenvalue weighted by Gasteiger charge is 2.27. The lowest BCUT2D eigenvalue weighted by atomic mass is 9.98. The van der Waals surface area contributed by atoms with E-state index in [0.717, 1.165) is 55.6 Å². The Bertz CT molecular complexity index is 1370. The van der Waals surface area contributed by atoms with Crippen molar-refractivity contribution in [2.45, 2.75) is 6.42 Å². The fourth-order valence-electron chi connectivity index (χ4n) is 4.42. The van der Waals surface area contributed by atoms with Crippen LogP contribution in [0, 0.1) is 3.57 Å². The van der Waals surface area contributed by atoms with Gasteiger partial charge in [-0.15, -0.1) is 0 Å². The summed E-state index contributed by atoms with van der Waals surface area (Å²) in [6.07, 6.45) is 4.42. The van der Waals surface area contributed by atoms with Gasteiger partial charge in [0.1, 0.15) is 12.4 Å². The zero-order chi connectivity index (χ0) is 24.4. The Morgan fingerprint density at radius 2 is 1.86 bits per heavy atom. The Labute approximate surface area is 219 Å². The van der Waals surface area contributed by atoms with Gasteiger partial charge in [0.25, 0.3) is 0 Å². The molecule has 1 aliphatic heterocycles. The molecule has 2 heterocycles. The first kappa shape index (κ1) is 23.6. The zero-order valence-corrected chi connectivity index (χ0v) is 22.0. The van der Waals surface area contributed by atoms with Gasteiger partial charge in [-0.25, -0.2) is 4.79 Å². The quantitative estimate of drug-likeness (QED) is 0.284. The van der Waals surface area contributed by atoms with Gasteiger partial charge < -0.3 is 15.0 Å². The van der Waals surface area contributed by atoms with Crippen LogP contribution in [0.1, 0.15) is 5.56 Å². The molecule has 7 heteroatoms. The van der Waals surface area contributed by atoms with Crippen LogP contribution in [0.5, 0.6) is 5.75 Å². The standard InChI is InChI=1S/C28H27IN4O2/c1-32(2)15-16-35-27-18-26-20(17-24(27)29)11-14-33(26)28(34)31-25-8-7-21(19-9-12-30-13-10-19)22-5-3-4-6-23(22)25/h3-10,12-13,17-18H,11,14-16H2,1-2H3,(H,31,34). The summed E-state index contributed by atoms with van der Waals surface area (Å²) in [5.41, 5.74) is 5.09. The van der Waals surface area contributed by atoms with E-state index in [2.05, 4.69) is 56.0 Å². The molecule has 0 radical (unpaired) electrons. The van der Waals surface area contributed by atoms with E-state index in [1.54, 1.807) is 12.4 Å². The van der Waals surface area contributed by atoms with Gasteiger partial charge in [-0.3, -0.25) is 9.88 Å². The molecule has 0 aliphatic carbocycles. The summed E-state index contributed by atoms with van der Waals surface area (Å²) in [6, 6.07) is 20.2. The number of rotatable bonds is 6. The first-order valence-electron chi connectivity index (χ1n) is 11.6. The second kappa shape index (κ2) is 10.2. The summed E-state index contributed by atoms with van der Waals surface area (Å²) >= 11 is 2.31. The molecule has 0 fully saturated rings. The number of likely N-dealkylation sites (N-methyl/N-ethyl adjacent to an activating group) is 1. The summed E-state index contributed by atoms with van der Waals surface area (Å²) in [6.45, 7) is 2.08. The van der Waals surface area contributed by atoms with E-state index < -0.39 is 0 Å². The SMILES string of the molecule is CN(C)CCOc1cc2c(cc1I)CCN2C(=O)Nc1ccc(-c2ccncc2)c2ccccc12. The maximum Gasteiger partial charge on any atom is 0.326 e. The molecule has 2 amide bonds. The second-order valence-electron chi connectivity index (χ2n) is 8.84. The fraction of sp³-hybridized carbons (Fsp3) is 0.214. The van der Waals surface area contributed by atoms with Gasteiger partial charge in [0.2, 0.25) is 0 Å². The molecule has 1 aliphatic rings. The summed E-state index contributed by atoms with van der Waals surface area (Å²) in [5, 5.41) is 5.26. The molecule has 0 saturated heterocycles. The number of ether oxygens (including phenoxy) is 1. The highest BCUT2D eigenvalue weighted by Crippen LogP contribution is 2.37. The number of anilines is 2. The van der Waals surface area contributed by atoms with Crippen LogP contribution in [-0.4, -0.2) is 49.7 Å². The minimum atomic E-state index is -0.133. The van der Waals surface area contributed by atoms with Crippen molar-refractivity contribution in [3.05, 3.63) is 82.2 Å². The number of benzene rings is 3. The molecule has 1 N–H and O–H groups in total. The normalized spacial score (nSPS) is 12.7. The number of amides is 2. The highest BCUT2D eigenvalue weighted by atomic mass is 127. The summed E-state index contributed by atoms with van der Waals surface area (Å²) < 4.78 is 7.09. The largest absolute Gasteiger partial charge is 0.491 e. The van der Waals surface area contributed by atoms with Crippen LogP contribution < -0.4 is 15.0 Å². The number of hydrogen-bond acceptors (Lipinski definition) is 4. The van der Waals surface area contributed by atoms with Crippen molar-refractivity contribution in [3.8, 4) is 16.9 Å². The third kappa shape index (κ3) is 4.97. The lowest BCUT2D eigenvalue weighted by Gasteiger charge is -2.21. The van der Waals surface area contributed by atoms with E-state index >= 15 is 0 Å². The maximum absolute atomic E-state index is 13.4. The number of halogens is 1. The number of fused-ring (bicyclic) bond motifs is 2. The van der Waals surface area contributed by atoms with Crippen molar-refractivity contribution >= 4 is 50.8 Å². The van der Waals surface area contributed by atoms with Gasteiger partial charge >= 0.3 is 6.03 Å². The second-order valence-corrected chi connectivity index (χ2v) is 10.00. The van der Waals surface area contributed by atoms with Crippen molar-refractivity contribution < 1.29 is 9.53 Å². The maximum atomic E-state index is 13.4. The van der Waals surface area contributed by atoms with Gasteiger partial charge in [-0.05, 0) is 89.4 Å². The van der Waals surface area contributed by atoms with Crippen molar-refractivity contribution in [1.29, 1.82) is 0 Å². The molecule has 178 valence electrons. The molecule has 6 nitrogen and oxygen atoms in total. The average molecular weight is 578 g/mol. The minimum Gasteiger partial charge on any atom is -0.491 e. The molecular formula is C28H27IN4O2. The average Bonchev–Trinajstić information content (AvgIpc) is 3.27. The van der Waals surface area contributed by atoms with Crippen LogP contribution in [0.15, 0.2) is 73.1 Å². The summed E-state index contributed by atoms with van der Waals surface area (Å²) in [5.74, 6) is 0.818. The van der Waals surface area contributed by atoms with Crippen molar-refractivity contribution in [2.24, 2.45) is 0 Å². The highest BCUT2D eigenvalue weighted by molar-refractivity contribution is 14.1. The molecule has 0 bridgehead atoms. The zero-order valence-electron chi connectivity index (χ0n) is 19.8. The van der Waals surface area contributed by atoms with Crippen molar-refractivity contribution in [3.63, 3.8) is 0 Å². The number of nitrogens with one attached hydrogen (secondary N) is 1. The number of carbonyl (C=O) groups excluding carboxylic acids is 1. The Hall–Kier alpha value is -3.17. The number of aromatic nitrogens is 1. The van der Waals surface area contributed by atoms with E-state index in [4.69, 9.17) is 4.74 Å². The Kier molecular flexibility index (Phi) is 6.88. The van der Waals surface area contributed by atoms with Crippen LogP contribution in [0.2, 0.25) is 0 Å². The number of hydrogen-bond donors (Lipinski definition) is 1. The molecular weight excluding hydrogens is 551 g/mol. The first-order chi connectivity index (χ1) is 17.0. The molecule has 0 spiro atoms. The van der Waals surface area contributed by atoms with E-state index in [1.807, 2.05) is 61.5 Å². The molecule has 3 aromatic carbocycles. The molecule has 4 aromatic rings. The monoisotopic (exact) mass is 578 g/mol. The third-order valence-electron chi connectivity index (χ3n) is 6.23. The van der Waals surface area contributed by atoms with Gasteiger partial charge in [0.05, 0.1) is 14.9 Å². The van der Waals surface area contributed by atoms with Gasteiger partial charge in [0, 0.05) is 36.9 Å². The summed E-state index contributed by atoms with van der Waals surface area (Å²) in [7, 11) is 4.05. The van der Waals surface area contributed by atoms with E-state index in [0.29, 0.717) is 13.2 Å². The van der Waals surface area contributed by atoms with Crippen molar-refractivity contribution in [2.75, 3.05) is 44.0 Å². The molecule has 1 aromatic heterocycles. The molecule has 35 heavy (non-hydrogen) atoms. The topological polar surface area (TPSA) is 57.7 Å². The van der Waals surface area contributed by atoms with Crippen LogP contribution in [0.25, 0.3) is 21.9 Å². The van der Waals surface area contributed by atoms with Crippen LogP contribution in [0.3, 0.4) is 0 Å². The van der Waals surface area contributed by atoms with E-state index in [1.165, 1.54) is 5.56 Å². The van der Waals surface area contributed by atoms with Crippen LogP contribution in [-0.2, 0) is 6.42 Å². The predicted octanol–water partition coefficient (Wildman–Crippen LogP) is 6.04. The Morgan fingerprint density at radius 3 is 2.63 bits per heavy atom. The first-order valence-corrected chi connectivity index (χ1v) is 12.7. The van der Waals surface area contributed by atoms with Gasteiger partial charge in [-0.1, -0.05) is 30.3 Å². The van der Waals surface area contributed by atoms with E-state index in [9.17, 15) is 4.79 Å². The Morgan fingerprint density at radius 1 is 1.09 bits per heavy atom. The van der Waals surface area contributed by atoms with E-state index in [-0.39, 0.29) is 6.03 Å². The van der Waals surface area contributed by atoms with Crippen LogP contribution >= 0.6 is 22.6 Å². The molecule has 5 rings (SSSR count). The Balaban J connectivity index is 1.41. The summed E-state index contributed by atoms with van der Waals surface area (Å²) in [4.78, 5) is 21.5. The molecule has 0 unspecified atom stereocenters. The molecule has 0 saturated carbocycles. The number of urea groups is 1. The molecule has 0 atom stereocenters. The predicted molar refractivity (Wildman–Crippen MR) is 150 cm³/mol. The van der Waals surface area contributed by atoms with Gasteiger partial charge in [-0.2, -0.15) is 0 Å². The lowest BCUT2D eigenvalue weighted by Crippen LogP contribution is -2.33. The smallest absolute Gasteiger partial charge is 0.326 e.